The molecule has 0 saturated carbocycles. The van der Waals surface area contributed by atoms with Crippen molar-refractivity contribution in [1.29, 1.82) is 0 Å². The number of alkyl halides is 1. The maximum atomic E-state index is 11.1. The van der Waals surface area contributed by atoms with Crippen molar-refractivity contribution in [1.82, 2.24) is 5.32 Å². The van der Waals surface area contributed by atoms with E-state index in [0.717, 1.165) is 32.4 Å². The third kappa shape index (κ3) is 11.6. The van der Waals surface area contributed by atoms with Gasteiger partial charge in [0.1, 0.15) is 0 Å². The van der Waals surface area contributed by atoms with E-state index in [2.05, 4.69) is 5.32 Å². The van der Waals surface area contributed by atoms with Gasteiger partial charge in [-0.15, -0.1) is 11.6 Å². The highest BCUT2D eigenvalue weighted by atomic mass is 35.5. The summed E-state index contributed by atoms with van der Waals surface area (Å²) in [6, 6.07) is 0. The standard InChI is InChI=1S/C11H22ClNO2/c1-10(2)15-9-4-3-8-13-11(14)6-5-7-12/h10H,3-9H2,1-2H3,(H,13,14). The number of carbonyl (C=O) groups is 1. The van der Waals surface area contributed by atoms with Gasteiger partial charge in [-0.25, -0.2) is 0 Å². The number of ether oxygens (including phenoxy) is 1. The first-order valence-electron chi connectivity index (χ1n) is 5.61. The summed E-state index contributed by atoms with van der Waals surface area (Å²) in [5.41, 5.74) is 0. The van der Waals surface area contributed by atoms with E-state index < -0.39 is 0 Å². The molecule has 0 rings (SSSR count). The molecule has 0 aliphatic rings. The molecule has 15 heavy (non-hydrogen) atoms. The number of halogens is 1. The lowest BCUT2D eigenvalue weighted by Gasteiger charge is -2.07. The van der Waals surface area contributed by atoms with Gasteiger partial charge in [0.05, 0.1) is 6.10 Å². The van der Waals surface area contributed by atoms with Crippen LogP contribution < -0.4 is 5.32 Å². The van der Waals surface area contributed by atoms with E-state index >= 15 is 0 Å². The van der Waals surface area contributed by atoms with Crippen molar-refractivity contribution in [2.24, 2.45) is 0 Å². The summed E-state index contributed by atoms with van der Waals surface area (Å²) in [6.07, 6.45) is 3.55. The maximum absolute atomic E-state index is 11.1. The minimum atomic E-state index is 0.0976. The summed E-state index contributed by atoms with van der Waals surface area (Å²) in [6.45, 7) is 5.56. The Morgan fingerprint density at radius 3 is 2.67 bits per heavy atom. The van der Waals surface area contributed by atoms with Gasteiger partial charge in [-0.05, 0) is 33.1 Å². The molecule has 1 N–H and O–H groups in total. The number of rotatable bonds is 9. The van der Waals surface area contributed by atoms with Crippen LogP contribution in [-0.2, 0) is 9.53 Å². The molecular weight excluding hydrogens is 214 g/mol. The lowest BCUT2D eigenvalue weighted by molar-refractivity contribution is -0.121. The van der Waals surface area contributed by atoms with Gasteiger partial charge in [0.15, 0.2) is 0 Å². The van der Waals surface area contributed by atoms with E-state index in [0.29, 0.717) is 18.4 Å². The van der Waals surface area contributed by atoms with E-state index in [-0.39, 0.29) is 5.91 Å². The van der Waals surface area contributed by atoms with Crippen LogP contribution in [-0.4, -0.2) is 31.0 Å². The minimum absolute atomic E-state index is 0.0976. The Kier molecular flexibility index (Phi) is 10.1. The summed E-state index contributed by atoms with van der Waals surface area (Å²) in [4.78, 5) is 11.1. The number of amides is 1. The Bertz CT molecular complexity index is 163. The first kappa shape index (κ1) is 14.7. The minimum Gasteiger partial charge on any atom is -0.379 e. The summed E-state index contributed by atoms with van der Waals surface area (Å²) in [5, 5.41) is 2.85. The SMILES string of the molecule is CC(C)OCCCCNC(=O)CCCCl. The van der Waals surface area contributed by atoms with Crippen LogP contribution in [0.25, 0.3) is 0 Å². The van der Waals surface area contributed by atoms with Crippen LogP contribution in [0.5, 0.6) is 0 Å². The number of carbonyl (C=O) groups excluding carboxylic acids is 1. The lowest BCUT2D eigenvalue weighted by atomic mass is 10.3. The van der Waals surface area contributed by atoms with Crippen LogP contribution in [0, 0.1) is 0 Å². The summed E-state index contributed by atoms with van der Waals surface area (Å²) in [5.74, 6) is 0.649. The molecule has 0 aliphatic heterocycles. The van der Waals surface area contributed by atoms with E-state index in [1.54, 1.807) is 0 Å². The number of hydrogen-bond acceptors (Lipinski definition) is 2. The first-order chi connectivity index (χ1) is 7.16. The van der Waals surface area contributed by atoms with E-state index in [1.165, 1.54) is 0 Å². The van der Waals surface area contributed by atoms with Crippen molar-refractivity contribution in [3.8, 4) is 0 Å². The van der Waals surface area contributed by atoms with Gasteiger partial charge in [-0.3, -0.25) is 4.79 Å². The van der Waals surface area contributed by atoms with Crippen molar-refractivity contribution in [3.63, 3.8) is 0 Å². The van der Waals surface area contributed by atoms with Gasteiger partial charge in [-0.1, -0.05) is 0 Å². The van der Waals surface area contributed by atoms with Gasteiger partial charge >= 0.3 is 0 Å². The molecule has 0 aromatic heterocycles. The predicted octanol–water partition coefficient (Wildman–Crippen LogP) is 2.33. The predicted molar refractivity (Wildman–Crippen MR) is 63.3 cm³/mol. The molecule has 90 valence electrons. The quantitative estimate of drug-likeness (QED) is 0.492. The second kappa shape index (κ2) is 10.2. The largest absolute Gasteiger partial charge is 0.379 e. The highest BCUT2D eigenvalue weighted by molar-refractivity contribution is 6.17. The van der Waals surface area contributed by atoms with Crippen molar-refractivity contribution in [2.75, 3.05) is 19.0 Å². The molecule has 4 heteroatoms. The molecule has 0 aliphatic carbocycles. The fourth-order valence-corrected chi connectivity index (χ4v) is 1.22. The third-order valence-electron chi connectivity index (χ3n) is 1.88. The number of hydrogen-bond donors (Lipinski definition) is 1. The average molecular weight is 236 g/mol. The Labute approximate surface area is 97.5 Å². The monoisotopic (exact) mass is 235 g/mol. The smallest absolute Gasteiger partial charge is 0.220 e. The zero-order valence-electron chi connectivity index (χ0n) is 9.72. The zero-order chi connectivity index (χ0) is 11.5. The fourth-order valence-electron chi connectivity index (χ4n) is 1.09. The number of unbranched alkanes of at least 4 members (excludes halogenated alkanes) is 1. The molecule has 0 spiro atoms. The van der Waals surface area contributed by atoms with Crippen LogP contribution in [0.1, 0.15) is 39.5 Å². The molecule has 1 amide bonds. The average Bonchev–Trinajstić information content (AvgIpc) is 2.19. The Morgan fingerprint density at radius 2 is 2.07 bits per heavy atom. The summed E-state index contributed by atoms with van der Waals surface area (Å²) in [7, 11) is 0. The molecular formula is C11H22ClNO2. The van der Waals surface area contributed by atoms with Crippen LogP contribution in [0.4, 0.5) is 0 Å². The molecule has 0 bridgehead atoms. The Hall–Kier alpha value is -0.280. The van der Waals surface area contributed by atoms with Gasteiger partial charge in [0.2, 0.25) is 5.91 Å². The van der Waals surface area contributed by atoms with E-state index in [4.69, 9.17) is 16.3 Å². The normalized spacial score (nSPS) is 10.7. The number of nitrogens with one attached hydrogen (secondary N) is 1. The van der Waals surface area contributed by atoms with E-state index in [1.807, 2.05) is 13.8 Å². The van der Waals surface area contributed by atoms with Crippen LogP contribution in [0.3, 0.4) is 0 Å². The molecule has 0 unspecified atom stereocenters. The zero-order valence-corrected chi connectivity index (χ0v) is 10.5. The molecule has 0 heterocycles. The highest BCUT2D eigenvalue weighted by Gasteiger charge is 1.99. The van der Waals surface area contributed by atoms with Crippen molar-refractivity contribution in [3.05, 3.63) is 0 Å². The van der Waals surface area contributed by atoms with Crippen molar-refractivity contribution < 1.29 is 9.53 Å². The van der Waals surface area contributed by atoms with Crippen LogP contribution in [0.15, 0.2) is 0 Å². The maximum Gasteiger partial charge on any atom is 0.220 e. The molecule has 0 fully saturated rings. The van der Waals surface area contributed by atoms with E-state index in [9.17, 15) is 4.79 Å². The molecule has 0 atom stereocenters. The van der Waals surface area contributed by atoms with Gasteiger partial charge < -0.3 is 10.1 Å². The molecule has 0 saturated heterocycles. The van der Waals surface area contributed by atoms with Crippen molar-refractivity contribution in [2.45, 2.75) is 45.6 Å². The highest BCUT2D eigenvalue weighted by Crippen LogP contribution is 1.95. The summed E-state index contributed by atoms with van der Waals surface area (Å²) < 4.78 is 5.38. The molecule has 3 nitrogen and oxygen atoms in total. The Morgan fingerprint density at radius 1 is 1.33 bits per heavy atom. The second-order valence-electron chi connectivity index (χ2n) is 3.77. The van der Waals surface area contributed by atoms with Crippen LogP contribution in [0.2, 0.25) is 0 Å². The van der Waals surface area contributed by atoms with Gasteiger partial charge in [0, 0.05) is 25.5 Å². The third-order valence-corrected chi connectivity index (χ3v) is 2.15. The lowest BCUT2D eigenvalue weighted by Crippen LogP contribution is -2.24. The Balaban J connectivity index is 3.13. The molecule has 0 aromatic carbocycles. The van der Waals surface area contributed by atoms with Gasteiger partial charge in [-0.2, -0.15) is 0 Å². The topological polar surface area (TPSA) is 38.3 Å². The van der Waals surface area contributed by atoms with Crippen LogP contribution >= 0.6 is 11.6 Å². The second-order valence-corrected chi connectivity index (χ2v) is 4.15. The molecule has 0 aromatic rings. The first-order valence-corrected chi connectivity index (χ1v) is 6.14. The summed E-state index contributed by atoms with van der Waals surface area (Å²) >= 11 is 5.48. The molecule has 0 radical (unpaired) electrons. The van der Waals surface area contributed by atoms with Crippen molar-refractivity contribution >= 4 is 17.5 Å². The van der Waals surface area contributed by atoms with Gasteiger partial charge in [0.25, 0.3) is 0 Å². The fraction of sp³-hybridized carbons (Fsp3) is 0.909.